The molecule has 0 saturated heterocycles. The van der Waals surface area contributed by atoms with Crippen molar-refractivity contribution in [3.8, 4) is 0 Å². The average Bonchev–Trinajstić information content (AvgIpc) is 2.86. The van der Waals surface area contributed by atoms with Crippen molar-refractivity contribution in [2.45, 2.75) is 50.5 Å². The van der Waals surface area contributed by atoms with Crippen LogP contribution in [0.25, 0.3) is 0 Å². The first-order valence-corrected chi connectivity index (χ1v) is 5.06. The molecule has 0 aromatic rings. The molecule has 0 unspecified atom stereocenters. The molecular formula is C10H18O2. The Kier molecular flexibility index (Phi) is 1.92. The van der Waals surface area contributed by atoms with E-state index >= 15 is 0 Å². The quantitative estimate of drug-likeness (QED) is 0.658. The molecular weight excluding hydrogens is 152 g/mol. The van der Waals surface area contributed by atoms with E-state index in [0.29, 0.717) is 0 Å². The monoisotopic (exact) mass is 170 g/mol. The molecule has 0 bridgehead atoms. The third-order valence-electron chi connectivity index (χ3n) is 3.82. The predicted molar refractivity (Wildman–Crippen MR) is 46.8 cm³/mol. The minimum absolute atomic E-state index is 0.0899. The van der Waals surface area contributed by atoms with Gasteiger partial charge < -0.3 is 10.2 Å². The highest BCUT2D eigenvalue weighted by atomic mass is 16.3. The maximum atomic E-state index is 10.3. The molecule has 0 aromatic carbocycles. The Hall–Kier alpha value is -0.0800. The van der Waals surface area contributed by atoms with Crippen LogP contribution in [-0.2, 0) is 0 Å². The van der Waals surface area contributed by atoms with E-state index in [1.807, 2.05) is 0 Å². The summed E-state index contributed by atoms with van der Waals surface area (Å²) >= 11 is 0. The Morgan fingerprint density at radius 1 is 0.917 bits per heavy atom. The van der Waals surface area contributed by atoms with Gasteiger partial charge in [0.25, 0.3) is 0 Å². The number of aliphatic hydroxyl groups is 2. The van der Waals surface area contributed by atoms with Crippen LogP contribution in [-0.4, -0.2) is 22.4 Å². The fraction of sp³-hybridized carbons (Fsp3) is 1.00. The highest BCUT2D eigenvalue weighted by Gasteiger charge is 2.57. The summed E-state index contributed by atoms with van der Waals surface area (Å²) in [5, 5.41) is 19.5. The van der Waals surface area contributed by atoms with Crippen molar-refractivity contribution in [3.05, 3.63) is 0 Å². The van der Waals surface area contributed by atoms with Gasteiger partial charge in [0, 0.05) is 5.41 Å². The van der Waals surface area contributed by atoms with Gasteiger partial charge in [-0.25, -0.2) is 0 Å². The Morgan fingerprint density at radius 3 is 1.92 bits per heavy atom. The molecule has 0 heterocycles. The molecule has 0 atom stereocenters. The largest absolute Gasteiger partial charge is 0.396 e. The topological polar surface area (TPSA) is 40.5 Å². The maximum Gasteiger partial charge on any atom is 0.0725 e. The summed E-state index contributed by atoms with van der Waals surface area (Å²) in [5.41, 5.74) is -0.604. The van der Waals surface area contributed by atoms with Gasteiger partial charge in [0.15, 0.2) is 0 Å². The molecule has 2 N–H and O–H groups in total. The standard InChI is InChI=1S/C10H18O2/c11-8-9(6-7-9)10(12)4-2-1-3-5-10/h11-12H,1-8H2. The molecule has 0 radical (unpaired) electrons. The molecule has 2 nitrogen and oxygen atoms in total. The Labute approximate surface area is 73.6 Å². The van der Waals surface area contributed by atoms with E-state index in [1.54, 1.807) is 0 Å². The second kappa shape index (κ2) is 2.71. The summed E-state index contributed by atoms with van der Waals surface area (Å²) in [6.45, 7) is 0.184. The van der Waals surface area contributed by atoms with E-state index < -0.39 is 5.60 Å². The van der Waals surface area contributed by atoms with E-state index in [1.165, 1.54) is 6.42 Å². The van der Waals surface area contributed by atoms with E-state index in [-0.39, 0.29) is 12.0 Å². The van der Waals surface area contributed by atoms with Gasteiger partial charge in [-0.2, -0.15) is 0 Å². The van der Waals surface area contributed by atoms with Crippen LogP contribution in [0, 0.1) is 5.41 Å². The van der Waals surface area contributed by atoms with Crippen molar-refractivity contribution in [1.29, 1.82) is 0 Å². The number of hydrogen-bond donors (Lipinski definition) is 2. The molecule has 12 heavy (non-hydrogen) atoms. The Bertz CT molecular complexity index is 167. The van der Waals surface area contributed by atoms with E-state index in [9.17, 15) is 10.2 Å². The Morgan fingerprint density at radius 2 is 1.50 bits per heavy atom. The van der Waals surface area contributed by atoms with Crippen molar-refractivity contribution < 1.29 is 10.2 Å². The smallest absolute Gasteiger partial charge is 0.0725 e. The minimum atomic E-state index is -0.514. The zero-order valence-electron chi connectivity index (χ0n) is 7.55. The number of hydrogen-bond acceptors (Lipinski definition) is 2. The molecule has 2 heteroatoms. The molecule has 0 amide bonds. The first-order chi connectivity index (χ1) is 5.72. The summed E-state index contributed by atoms with van der Waals surface area (Å²) in [7, 11) is 0. The fourth-order valence-electron chi connectivity index (χ4n) is 2.59. The lowest BCUT2D eigenvalue weighted by Crippen LogP contribution is -2.43. The zero-order valence-corrected chi connectivity index (χ0v) is 7.55. The van der Waals surface area contributed by atoms with Gasteiger partial charge in [-0.15, -0.1) is 0 Å². The van der Waals surface area contributed by atoms with Crippen LogP contribution in [0.15, 0.2) is 0 Å². The lowest BCUT2D eigenvalue weighted by molar-refractivity contribution is -0.0806. The summed E-state index contributed by atoms with van der Waals surface area (Å²) in [5.74, 6) is 0. The molecule has 2 aliphatic rings. The molecule has 2 fully saturated rings. The molecule has 0 aliphatic heterocycles. The lowest BCUT2D eigenvalue weighted by atomic mass is 9.74. The summed E-state index contributed by atoms with van der Waals surface area (Å²) in [6, 6.07) is 0. The first kappa shape index (κ1) is 8.52. The van der Waals surface area contributed by atoms with Gasteiger partial charge >= 0.3 is 0 Å². The third-order valence-corrected chi connectivity index (χ3v) is 3.82. The second-order valence-electron chi connectivity index (χ2n) is 4.53. The van der Waals surface area contributed by atoms with E-state index in [0.717, 1.165) is 38.5 Å². The van der Waals surface area contributed by atoms with Crippen molar-refractivity contribution in [2.24, 2.45) is 5.41 Å². The molecule has 70 valence electrons. The summed E-state index contributed by atoms with van der Waals surface area (Å²) in [4.78, 5) is 0. The van der Waals surface area contributed by atoms with Gasteiger partial charge in [0.2, 0.25) is 0 Å². The van der Waals surface area contributed by atoms with Crippen molar-refractivity contribution in [1.82, 2.24) is 0 Å². The summed E-state index contributed by atoms with van der Waals surface area (Å²) < 4.78 is 0. The zero-order chi connectivity index (χ0) is 8.66. The van der Waals surface area contributed by atoms with Crippen LogP contribution in [0.2, 0.25) is 0 Å². The van der Waals surface area contributed by atoms with Gasteiger partial charge in [-0.05, 0) is 25.7 Å². The normalized spacial score (nSPS) is 31.5. The second-order valence-corrected chi connectivity index (χ2v) is 4.53. The lowest BCUT2D eigenvalue weighted by Gasteiger charge is -2.39. The van der Waals surface area contributed by atoms with Crippen LogP contribution < -0.4 is 0 Å². The highest BCUT2D eigenvalue weighted by molar-refractivity contribution is 5.08. The molecule has 2 aliphatic carbocycles. The van der Waals surface area contributed by atoms with Crippen LogP contribution in [0.4, 0.5) is 0 Å². The summed E-state index contributed by atoms with van der Waals surface area (Å²) in [6.07, 6.45) is 7.40. The molecule has 0 spiro atoms. The van der Waals surface area contributed by atoms with E-state index in [4.69, 9.17) is 0 Å². The molecule has 2 saturated carbocycles. The van der Waals surface area contributed by atoms with Crippen LogP contribution in [0.1, 0.15) is 44.9 Å². The van der Waals surface area contributed by atoms with Gasteiger partial charge in [0.1, 0.15) is 0 Å². The number of rotatable bonds is 2. The van der Waals surface area contributed by atoms with Crippen molar-refractivity contribution in [2.75, 3.05) is 6.61 Å². The van der Waals surface area contributed by atoms with Gasteiger partial charge in [-0.3, -0.25) is 0 Å². The fourth-order valence-corrected chi connectivity index (χ4v) is 2.59. The first-order valence-electron chi connectivity index (χ1n) is 5.06. The maximum absolute atomic E-state index is 10.3. The molecule has 0 aromatic heterocycles. The third kappa shape index (κ3) is 1.09. The minimum Gasteiger partial charge on any atom is -0.396 e. The van der Waals surface area contributed by atoms with Crippen LogP contribution in [0.3, 0.4) is 0 Å². The van der Waals surface area contributed by atoms with Crippen LogP contribution in [0.5, 0.6) is 0 Å². The van der Waals surface area contributed by atoms with Crippen LogP contribution >= 0.6 is 0 Å². The number of aliphatic hydroxyl groups excluding tert-OH is 1. The molecule has 2 rings (SSSR count). The Balaban J connectivity index is 2.08. The predicted octanol–water partition coefficient (Wildman–Crippen LogP) is 1.45. The van der Waals surface area contributed by atoms with Crippen molar-refractivity contribution >= 4 is 0 Å². The van der Waals surface area contributed by atoms with E-state index in [2.05, 4.69) is 0 Å². The van der Waals surface area contributed by atoms with Gasteiger partial charge in [-0.1, -0.05) is 19.3 Å². The van der Waals surface area contributed by atoms with Gasteiger partial charge in [0.05, 0.1) is 12.2 Å². The van der Waals surface area contributed by atoms with Crippen molar-refractivity contribution in [3.63, 3.8) is 0 Å². The average molecular weight is 170 g/mol. The highest BCUT2D eigenvalue weighted by Crippen LogP contribution is 2.58. The SMILES string of the molecule is OCC1(C2(O)CCCCC2)CC1.